The van der Waals surface area contributed by atoms with Crippen LogP contribution in [0.4, 0.5) is 0 Å². The van der Waals surface area contributed by atoms with E-state index in [2.05, 4.69) is 79.6 Å². The van der Waals surface area contributed by atoms with E-state index in [1.165, 1.54) is 0 Å². The molecule has 0 aromatic heterocycles. The predicted octanol–water partition coefficient (Wildman–Crippen LogP) is 6.25. The maximum Gasteiger partial charge on any atom is 0.134 e. The van der Waals surface area contributed by atoms with Gasteiger partial charge in [0.15, 0.2) is 0 Å². The summed E-state index contributed by atoms with van der Waals surface area (Å²) in [5, 5.41) is 0. The summed E-state index contributed by atoms with van der Waals surface area (Å²) >= 11 is 17.3. The summed E-state index contributed by atoms with van der Waals surface area (Å²) in [5.74, 6) is 0.857. The van der Waals surface area contributed by atoms with E-state index in [1.54, 1.807) is 0 Å². The van der Waals surface area contributed by atoms with Gasteiger partial charge >= 0.3 is 0 Å². The number of hydrogen-bond acceptors (Lipinski definition) is 1. The van der Waals surface area contributed by atoms with Crippen molar-refractivity contribution in [2.45, 2.75) is 16.6 Å². The maximum absolute atomic E-state index is 5.68. The second kappa shape index (κ2) is 7.77. The number of hydrogen-bond donors (Lipinski definition) is 0. The van der Waals surface area contributed by atoms with Gasteiger partial charge in [-0.25, -0.2) is 0 Å². The Hall–Kier alpha value is 1.42. The highest BCUT2D eigenvalue weighted by molar-refractivity contribution is 9.24. The molecule has 0 saturated heterocycles. The summed E-state index contributed by atoms with van der Waals surface area (Å²) in [7, 11) is 0. The molecule has 0 N–H and O–H groups in total. The fourth-order valence-corrected chi connectivity index (χ4v) is 3.07. The molecule has 16 heavy (non-hydrogen) atoms. The third-order valence-electron chi connectivity index (χ3n) is 1.82. The van der Waals surface area contributed by atoms with Gasteiger partial charge in [-0.05, 0) is 72.8 Å². The first-order valence-electron chi connectivity index (χ1n) is 4.57. The first-order chi connectivity index (χ1) is 7.52. The molecule has 0 heterocycles. The lowest BCUT2D eigenvalue weighted by molar-refractivity contribution is 0.307. The molecule has 1 nitrogen and oxygen atoms in total. The summed E-state index contributed by atoms with van der Waals surface area (Å²) < 4.78 is 8.97. The summed E-state index contributed by atoms with van der Waals surface area (Å²) in [6, 6.07) is 3.90. The number of halogens is 5. The molecule has 0 atom stereocenters. The second-order valence-electron chi connectivity index (χ2n) is 3.06. The van der Waals surface area contributed by atoms with Crippen molar-refractivity contribution in [2.75, 3.05) is 6.61 Å². The average Bonchev–Trinajstić information content (AvgIpc) is 2.23. The van der Waals surface area contributed by atoms with E-state index in [4.69, 9.17) is 4.74 Å². The number of alkyl halides is 2. The van der Waals surface area contributed by atoms with Crippen molar-refractivity contribution < 1.29 is 4.74 Å². The Morgan fingerprint density at radius 2 is 1.75 bits per heavy atom. The van der Waals surface area contributed by atoms with Gasteiger partial charge in [-0.2, -0.15) is 0 Å². The van der Waals surface area contributed by atoms with E-state index >= 15 is 0 Å². The molecule has 6 heteroatoms. The minimum Gasteiger partial charge on any atom is -0.492 e. The Kier molecular flexibility index (Phi) is 7.51. The zero-order valence-electron chi connectivity index (χ0n) is 8.15. The highest BCUT2D eigenvalue weighted by Gasteiger charge is 2.08. The van der Waals surface area contributed by atoms with E-state index in [9.17, 15) is 0 Å². The lowest BCUT2D eigenvalue weighted by Crippen LogP contribution is -2.00. The third kappa shape index (κ3) is 4.96. The topological polar surface area (TPSA) is 9.23 Å². The largest absolute Gasteiger partial charge is 0.492 e. The van der Waals surface area contributed by atoms with Gasteiger partial charge in [0.1, 0.15) is 5.75 Å². The maximum atomic E-state index is 5.68. The average molecular weight is 545 g/mol. The summed E-state index contributed by atoms with van der Waals surface area (Å²) in [5.41, 5.74) is 0. The summed E-state index contributed by atoms with van der Waals surface area (Å²) in [6.45, 7) is 0.709. The van der Waals surface area contributed by atoms with Crippen molar-refractivity contribution in [2.24, 2.45) is 0 Å². The van der Waals surface area contributed by atoms with Crippen LogP contribution in [-0.2, 0) is 0 Å². The molecule has 0 unspecified atom stereocenters. The number of ether oxygens (including phenoxy) is 1. The molecular weight excluding hydrogens is 536 g/mol. The lowest BCUT2D eigenvalue weighted by Gasteiger charge is -2.10. The standard InChI is InChI=1S/C10H9Br5O/c11-6-3-4-7(10(15)9(6)14)16-5-1-2-8(12)13/h3-4,8H,1-2,5H2. The fourth-order valence-electron chi connectivity index (χ4n) is 1.04. The molecule has 0 saturated carbocycles. The molecule has 0 aliphatic heterocycles. The van der Waals surface area contributed by atoms with Crippen molar-refractivity contribution in [3.63, 3.8) is 0 Å². The van der Waals surface area contributed by atoms with Gasteiger partial charge < -0.3 is 4.74 Å². The van der Waals surface area contributed by atoms with E-state index < -0.39 is 0 Å². The molecule has 1 aromatic carbocycles. The molecule has 0 spiro atoms. The minimum absolute atomic E-state index is 0.365. The van der Waals surface area contributed by atoms with Crippen molar-refractivity contribution >= 4 is 79.6 Å². The third-order valence-corrected chi connectivity index (χ3v) is 6.08. The Bertz CT molecular complexity index is 353. The highest BCUT2D eigenvalue weighted by atomic mass is 79.9. The molecule has 1 rings (SSSR count). The van der Waals surface area contributed by atoms with E-state index in [0.717, 1.165) is 32.0 Å². The van der Waals surface area contributed by atoms with Crippen LogP contribution in [0.25, 0.3) is 0 Å². The summed E-state index contributed by atoms with van der Waals surface area (Å²) in [6.07, 6.45) is 2.04. The van der Waals surface area contributed by atoms with Crippen molar-refractivity contribution in [3.8, 4) is 5.75 Å². The molecule has 1 aromatic rings. The zero-order chi connectivity index (χ0) is 12.1. The molecule has 0 bridgehead atoms. The van der Waals surface area contributed by atoms with Crippen molar-refractivity contribution in [1.29, 1.82) is 0 Å². The van der Waals surface area contributed by atoms with Crippen LogP contribution in [0.15, 0.2) is 25.6 Å². The van der Waals surface area contributed by atoms with Gasteiger partial charge in [0.2, 0.25) is 0 Å². The van der Waals surface area contributed by atoms with E-state index in [1.807, 2.05) is 12.1 Å². The number of benzene rings is 1. The Morgan fingerprint density at radius 3 is 2.38 bits per heavy atom. The van der Waals surface area contributed by atoms with Crippen molar-refractivity contribution in [3.05, 3.63) is 25.6 Å². The Morgan fingerprint density at radius 1 is 1.06 bits per heavy atom. The quantitative estimate of drug-likeness (QED) is 0.242. The van der Waals surface area contributed by atoms with Crippen LogP contribution < -0.4 is 4.74 Å². The van der Waals surface area contributed by atoms with Gasteiger partial charge in [0.25, 0.3) is 0 Å². The van der Waals surface area contributed by atoms with Crippen LogP contribution in [0.2, 0.25) is 0 Å². The van der Waals surface area contributed by atoms with Crippen LogP contribution in [0.1, 0.15) is 12.8 Å². The van der Waals surface area contributed by atoms with Gasteiger partial charge in [-0.15, -0.1) is 0 Å². The van der Waals surface area contributed by atoms with Crippen LogP contribution >= 0.6 is 79.6 Å². The molecular formula is C10H9Br5O. The first-order valence-corrected chi connectivity index (χ1v) is 8.78. The van der Waals surface area contributed by atoms with E-state index in [0.29, 0.717) is 10.3 Å². The Labute approximate surface area is 137 Å². The molecule has 0 aliphatic rings. The minimum atomic E-state index is 0.365. The molecule has 0 aliphatic carbocycles. The molecule has 0 fully saturated rings. The predicted molar refractivity (Wildman–Crippen MR) is 85.9 cm³/mol. The number of rotatable bonds is 5. The first kappa shape index (κ1) is 15.5. The lowest BCUT2D eigenvalue weighted by atomic mass is 10.3. The second-order valence-corrected chi connectivity index (χ2v) is 8.93. The molecule has 90 valence electrons. The summed E-state index contributed by atoms with van der Waals surface area (Å²) in [4.78, 5) is 0. The van der Waals surface area contributed by atoms with Crippen LogP contribution in [0.5, 0.6) is 5.75 Å². The van der Waals surface area contributed by atoms with Gasteiger partial charge in [0, 0.05) is 8.95 Å². The van der Waals surface area contributed by atoms with Gasteiger partial charge in [-0.1, -0.05) is 31.9 Å². The normalized spacial score (nSPS) is 10.9. The SMILES string of the molecule is Brc1ccc(OCCCC(Br)Br)c(Br)c1Br. The van der Waals surface area contributed by atoms with Crippen LogP contribution in [0.3, 0.4) is 0 Å². The molecule has 0 amide bonds. The Balaban J connectivity index is 2.52. The van der Waals surface area contributed by atoms with Gasteiger partial charge in [0.05, 0.1) is 14.8 Å². The fraction of sp³-hybridized carbons (Fsp3) is 0.400. The smallest absolute Gasteiger partial charge is 0.134 e. The van der Waals surface area contributed by atoms with Gasteiger partial charge in [-0.3, -0.25) is 0 Å². The van der Waals surface area contributed by atoms with Crippen molar-refractivity contribution in [1.82, 2.24) is 0 Å². The highest BCUT2D eigenvalue weighted by Crippen LogP contribution is 2.37. The zero-order valence-corrected chi connectivity index (χ0v) is 16.1. The molecule has 0 radical (unpaired) electrons. The van der Waals surface area contributed by atoms with E-state index in [-0.39, 0.29) is 0 Å². The van der Waals surface area contributed by atoms with Crippen LogP contribution in [0, 0.1) is 0 Å². The monoisotopic (exact) mass is 540 g/mol. The van der Waals surface area contributed by atoms with Crippen LogP contribution in [-0.4, -0.2) is 10.3 Å².